The van der Waals surface area contributed by atoms with E-state index in [0.29, 0.717) is 49.8 Å². The number of benzene rings is 2. The Morgan fingerprint density at radius 3 is 2.57 bits per heavy atom. The highest BCUT2D eigenvalue weighted by molar-refractivity contribution is 7.20. The molecule has 0 fully saturated rings. The van der Waals surface area contributed by atoms with Gasteiger partial charge in [0.25, 0.3) is 5.56 Å². The summed E-state index contributed by atoms with van der Waals surface area (Å²) in [5.41, 5.74) is 2.59. The molecule has 2 heterocycles. The van der Waals surface area contributed by atoms with Crippen molar-refractivity contribution in [2.24, 2.45) is 5.41 Å². The zero-order valence-electron chi connectivity index (χ0n) is 19.8. The monoisotopic (exact) mass is 505 g/mol. The maximum Gasteiger partial charge on any atom is 0.267 e. The molecule has 2 aromatic heterocycles. The average Bonchev–Trinajstić information content (AvgIpc) is 3.21. The summed E-state index contributed by atoms with van der Waals surface area (Å²) in [4.78, 5) is 18.7. The van der Waals surface area contributed by atoms with Crippen molar-refractivity contribution in [3.8, 4) is 28.7 Å². The SMILES string of the molecule is COc1cccc(/C=C/c2nc3sc(Cl)cn3c(=O)c2-c2ccc(C#N)cc2)c1OCC(C)(C)C. The summed E-state index contributed by atoms with van der Waals surface area (Å²) >= 11 is 7.41. The van der Waals surface area contributed by atoms with Crippen LogP contribution in [-0.2, 0) is 0 Å². The molecule has 0 aliphatic rings. The molecule has 0 spiro atoms. The average molecular weight is 506 g/mol. The van der Waals surface area contributed by atoms with Gasteiger partial charge in [-0.2, -0.15) is 5.26 Å². The molecule has 2 aromatic carbocycles. The summed E-state index contributed by atoms with van der Waals surface area (Å²) in [5, 5.41) is 9.15. The molecule has 0 saturated carbocycles. The Hall–Kier alpha value is -3.60. The van der Waals surface area contributed by atoms with Gasteiger partial charge in [-0.3, -0.25) is 9.20 Å². The molecule has 0 radical (unpaired) electrons. The molecule has 0 amide bonds. The van der Waals surface area contributed by atoms with Crippen LogP contribution in [0.4, 0.5) is 0 Å². The summed E-state index contributed by atoms with van der Waals surface area (Å²) in [6.45, 7) is 6.80. The normalized spacial score (nSPS) is 11.7. The standard InChI is InChI=1S/C27H24ClN3O3S/c1-27(2,3)16-34-24-19(6-5-7-21(24)33-4)12-13-20-23(18-10-8-17(14-29)9-11-18)25(32)31-15-22(28)35-26(31)30-20/h5-13,15H,16H2,1-4H3/b13-12+. The van der Waals surface area contributed by atoms with Crippen molar-refractivity contribution in [2.45, 2.75) is 20.8 Å². The van der Waals surface area contributed by atoms with Crippen LogP contribution in [0.25, 0.3) is 28.2 Å². The molecular formula is C27H24ClN3O3S. The molecule has 4 aromatic rings. The highest BCUT2D eigenvalue weighted by atomic mass is 35.5. The van der Waals surface area contributed by atoms with Crippen LogP contribution in [0, 0.1) is 16.7 Å². The number of ether oxygens (including phenoxy) is 2. The van der Waals surface area contributed by atoms with Crippen LogP contribution >= 0.6 is 22.9 Å². The van der Waals surface area contributed by atoms with Crippen LogP contribution in [0.3, 0.4) is 0 Å². The smallest absolute Gasteiger partial charge is 0.267 e. The van der Waals surface area contributed by atoms with Crippen LogP contribution in [0.5, 0.6) is 11.5 Å². The lowest BCUT2D eigenvalue weighted by atomic mass is 9.98. The largest absolute Gasteiger partial charge is 0.493 e. The lowest BCUT2D eigenvalue weighted by Crippen LogP contribution is -2.17. The molecular weight excluding hydrogens is 482 g/mol. The van der Waals surface area contributed by atoms with Gasteiger partial charge in [-0.15, -0.1) is 0 Å². The Balaban J connectivity index is 1.85. The second-order valence-corrected chi connectivity index (χ2v) is 10.8. The van der Waals surface area contributed by atoms with Crippen molar-refractivity contribution in [3.05, 3.63) is 80.2 Å². The first-order valence-corrected chi connectivity index (χ1v) is 12.1. The molecule has 0 unspecified atom stereocenters. The van der Waals surface area contributed by atoms with Crippen molar-refractivity contribution in [1.82, 2.24) is 9.38 Å². The number of hydrogen-bond acceptors (Lipinski definition) is 6. The molecule has 0 aliphatic heterocycles. The number of hydrogen-bond donors (Lipinski definition) is 0. The van der Waals surface area contributed by atoms with Gasteiger partial charge in [-0.05, 0) is 41.3 Å². The molecule has 0 aliphatic carbocycles. The van der Waals surface area contributed by atoms with E-state index in [0.717, 1.165) is 5.56 Å². The molecule has 0 bridgehead atoms. The third kappa shape index (κ3) is 5.40. The zero-order chi connectivity index (χ0) is 25.2. The van der Waals surface area contributed by atoms with Gasteiger partial charge in [0.1, 0.15) is 4.34 Å². The van der Waals surface area contributed by atoms with Gasteiger partial charge in [0.05, 0.1) is 36.6 Å². The van der Waals surface area contributed by atoms with E-state index >= 15 is 0 Å². The number of methoxy groups -OCH3 is 1. The summed E-state index contributed by atoms with van der Waals surface area (Å²) in [7, 11) is 1.60. The van der Waals surface area contributed by atoms with Crippen LogP contribution in [0.2, 0.25) is 4.34 Å². The molecule has 178 valence electrons. The number of fused-ring (bicyclic) bond motifs is 1. The summed E-state index contributed by atoms with van der Waals surface area (Å²) in [5.74, 6) is 1.25. The van der Waals surface area contributed by atoms with Crippen LogP contribution in [-0.4, -0.2) is 23.1 Å². The minimum atomic E-state index is -0.239. The van der Waals surface area contributed by atoms with Gasteiger partial charge in [-0.25, -0.2) is 4.98 Å². The molecule has 4 rings (SSSR count). The topological polar surface area (TPSA) is 76.6 Å². The molecule has 8 heteroatoms. The third-order valence-corrected chi connectivity index (χ3v) is 6.23. The first-order chi connectivity index (χ1) is 16.7. The fourth-order valence-electron chi connectivity index (χ4n) is 3.47. The lowest BCUT2D eigenvalue weighted by Gasteiger charge is -2.21. The number of para-hydroxylation sites is 1. The van der Waals surface area contributed by atoms with Crippen LogP contribution in [0.15, 0.2) is 53.5 Å². The number of halogens is 1. The summed E-state index contributed by atoms with van der Waals surface area (Å²) in [6.07, 6.45) is 5.22. The summed E-state index contributed by atoms with van der Waals surface area (Å²) in [6, 6.07) is 14.6. The Labute approximate surface area is 212 Å². The fraction of sp³-hybridized carbons (Fsp3) is 0.222. The fourth-order valence-corrected chi connectivity index (χ4v) is 4.49. The Bertz CT molecular complexity index is 1510. The first-order valence-electron chi connectivity index (χ1n) is 10.9. The third-order valence-electron chi connectivity index (χ3n) is 5.13. The summed E-state index contributed by atoms with van der Waals surface area (Å²) < 4.78 is 13.6. The van der Waals surface area contributed by atoms with E-state index < -0.39 is 0 Å². The number of aromatic nitrogens is 2. The van der Waals surface area contributed by atoms with Crippen molar-refractivity contribution in [2.75, 3.05) is 13.7 Å². The second kappa shape index (κ2) is 9.95. The minimum absolute atomic E-state index is 0.0374. The van der Waals surface area contributed by atoms with E-state index in [9.17, 15) is 4.79 Å². The van der Waals surface area contributed by atoms with Crippen LogP contribution < -0.4 is 15.0 Å². The molecule has 6 nitrogen and oxygen atoms in total. The van der Waals surface area contributed by atoms with Gasteiger partial charge < -0.3 is 9.47 Å². The maximum absolute atomic E-state index is 13.4. The van der Waals surface area contributed by atoms with E-state index in [2.05, 4.69) is 26.8 Å². The highest BCUT2D eigenvalue weighted by Gasteiger charge is 2.17. The predicted molar refractivity (Wildman–Crippen MR) is 141 cm³/mol. The molecule has 0 saturated heterocycles. The number of nitriles is 1. The van der Waals surface area contributed by atoms with Gasteiger partial charge in [0.2, 0.25) is 0 Å². The van der Waals surface area contributed by atoms with Crippen LogP contribution in [0.1, 0.15) is 37.6 Å². The quantitative estimate of drug-likeness (QED) is 0.297. The Kier molecular flexibility index (Phi) is 6.97. The van der Waals surface area contributed by atoms with Gasteiger partial charge in [0.15, 0.2) is 16.5 Å². The lowest BCUT2D eigenvalue weighted by molar-refractivity contribution is 0.191. The minimum Gasteiger partial charge on any atom is -0.493 e. The number of thiazole rings is 1. The highest BCUT2D eigenvalue weighted by Crippen LogP contribution is 2.34. The predicted octanol–water partition coefficient (Wildman–Crippen LogP) is 6.55. The Morgan fingerprint density at radius 1 is 1.17 bits per heavy atom. The van der Waals surface area contributed by atoms with Crippen molar-refractivity contribution < 1.29 is 9.47 Å². The van der Waals surface area contributed by atoms with Gasteiger partial charge >= 0.3 is 0 Å². The molecule has 0 atom stereocenters. The van der Waals surface area contributed by atoms with Crippen molar-refractivity contribution in [1.29, 1.82) is 5.26 Å². The van der Waals surface area contributed by atoms with Crippen molar-refractivity contribution in [3.63, 3.8) is 0 Å². The molecule has 35 heavy (non-hydrogen) atoms. The first kappa shape index (κ1) is 24.5. The number of rotatable bonds is 6. The maximum atomic E-state index is 13.4. The van der Waals surface area contributed by atoms with E-state index in [4.69, 9.17) is 31.3 Å². The number of nitrogens with zero attached hydrogens (tertiary/aromatic N) is 3. The van der Waals surface area contributed by atoms with E-state index in [-0.39, 0.29) is 11.0 Å². The van der Waals surface area contributed by atoms with Gasteiger partial charge in [0, 0.05) is 11.8 Å². The molecule has 0 N–H and O–H groups in total. The van der Waals surface area contributed by atoms with E-state index in [1.165, 1.54) is 15.7 Å². The van der Waals surface area contributed by atoms with Crippen molar-refractivity contribution >= 4 is 40.1 Å². The van der Waals surface area contributed by atoms with E-state index in [1.807, 2.05) is 24.3 Å². The van der Waals surface area contributed by atoms with E-state index in [1.54, 1.807) is 43.6 Å². The Morgan fingerprint density at radius 2 is 1.91 bits per heavy atom. The van der Waals surface area contributed by atoms with Gasteiger partial charge in [-0.1, -0.05) is 68.0 Å². The zero-order valence-corrected chi connectivity index (χ0v) is 21.4. The second-order valence-electron chi connectivity index (χ2n) is 9.12.